The van der Waals surface area contributed by atoms with Crippen LogP contribution in [0.2, 0.25) is 0 Å². The van der Waals surface area contributed by atoms with E-state index in [0.29, 0.717) is 51.4 Å². The normalized spacial score (nSPS) is 20.3. The van der Waals surface area contributed by atoms with Crippen molar-refractivity contribution in [2.24, 2.45) is 4.99 Å². The van der Waals surface area contributed by atoms with Crippen LogP contribution < -0.4 is 21.1 Å². The highest BCUT2D eigenvalue weighted by atomic mass is 19.4. The van der Waals surface area contributed by atoms with Gasteiger partial charge in [-0.3, -0.25) is 10.4 Å². The maximum Gasteiger partial charge on any atom is 0.416 e. The van der Waals surface area contributed by atoms with Gasteiger partial charge < -0.3 is 15.0 Å². The van der Waals surface area contributed by atoms with Crippen molar-refractivity contribution in [2.45, 2.75) is 44.4 Å². The van der Waals surface area contributed by atoms with Crippen molar-refractivity contribution in [3.05, 3.63) is 41.8 Å². The number of alkyl halides is 3. The number of aromatic nitrogens is 2. The van der Waals surface area contributed by atoms with Crippen LogP contribution in [0, 0.1) is 5.82 Å². The zero-order valence-electron chi connectivity index (χ0n) is 19.6. The lowest BCUT2D eigenvalue weighted by Crippen LogP contribution is -2.46. The molecule has 3 heterocycles. The lowest BCUT2D eigenvalue weighted by atomic mass is 9.86. The Kier molecular flexibility index (Phi) is 7.41. The monoisotopic (exact) mass is 495 g/mol. The highest BCUT2D eigenvalue weighted by Gasteiger charge is 2.34. The number of hydrogen-bond donors (Lipinski definition) is 3. The third-order valence-electron chi connectivity index (χ3n) is 6.08. The molecule has 3 N–H and O–H groups in total. The average molecular weight is 496 g/mol. The Morgan fingerprint density at radius 1 is 1.20 bits per heavy atom. The van der Waals surface area contributed by atoms with E-state index in [9.17, 15) is 17.6 Å². The number of morpholine rings is 1. The maximum absolute atomic E-state index is 14.2. The van der Waals surface area contributed by atoms with Gasteiger partial charge >= 0.3 is 6.18 Å². The fourth-order valence-electron chi connectivity index (χ4n) is 4.21. The summed E-state index contributed by atoms with van der Waals surface area (Å²) >= 11 is 0. The van der Waals surface area contributed by atoms with Crippen molar-refractivity contribution in [1.82, 2.24) is 15.4 Å². The van der Waals surface area contributed by atoms with Gasteiger partial charge in [-0.2, -0.15) is 18.2 Å². The summed E-state index contributed by atoms with van der Waals surface area (Å²) in [5.41, 5.74) is 6.04. The molecule has 8 nitrogen and oxygen atoms in total. The van der Waals surface area contributed by atoms with Gasteiger partial charge in [0.25, 0.3) is 0 Å². The van der Waals surface area contributed by atoms with E-state index < -0.39 is 23.1 Å². The average Bonchev–Trinajstić information content (AvgIpc) is 2.82. The fraction of sp³-hybridized carbons (Fsp3) is 0.522. The Balaban J connectivity index is 1.34. The highest BCUT2D eigenvalue weighted by Crippen LogP contribution is 2.33. The van der Waals surface area contributed by atoms with Gasteiger partial charge in [0.1, 0.15) is 0 Å². The molecule has 4 rings (SSSR count). The third kappa shape index (κ3) is 6.37. The summed E-state index contributed by atoms with van der Waals surface area (Å²) in [5, 5.41) is 3.22. The number of hydrazine groups is 1. The quantitative estimate of drug-likeness (QED) is 0.397. The van der Waals surface area contributed by atoms with E-state index in [0.717, 1.165) is 24.0 Å². The largest absolute Gasteiger partial charge is 0.416 e. The topological polar surface area (TPSA) is 86.7 Å². The highest BCUT2D eigenvalue weighted by molar-refractivity contribution is 5.87. The third-order valence-corrected chi connectivity index (χ3v) is 6.08. The van der Waals surface area contributed by atoms with Crippen LogP contribution in [0.4, 0.5) is 35.0 Å². The minimum Gasteiger partial charge on any atom is -0.380 e. The Labute approximate surface area is 201 Å². The molecule has 1 fully saturated rings. The maximum atomic E-state index is 14.2. The van der Waals surface area contributed by atoms with Crippen LogP contribution in [-0.4, -0.2) is 60.1 Å². The summed E-state index contributed by atoms with van der Waals surface area (Å²) in [5.74, 6) is -0.0185. The van der Waals surface area contributed by atoms with E-state index >= 15 is 0 Å². The van der Waals surface area contributed by atoms with E-state index in [2.05, 4.69) is 26.1 Å². The predicted octanol–water partition coefficient (Wildman–Crippen LogP) is 3.88. The van der Waals surface area contributed by atoms with Crippen molar-refractivity contribution >= 4 is 23.2 Å². The zero-order valence-corrected chi connectivity index (χ0v) is 19.6. The van der Waals surface area contributed by atoms with Crippen molar-refractivity contribution in [3.63, 3.8) is 0 Å². The summed E-state index contributed by atoms with van der Waals surface area (Å²) in [7, 11) is 0. The number of aliphatic imine (C=N–C) groups is 1. The first-order chi connectivity index (χ1) is 16.6. The smallest absolute Gasteiger partial charge is 0.380 e. The second-order valence-corrected chi connectivity index (χ2v) is 9.09. The first-order valence-electron chi connectivity index (χ1n) is 11.5. The Morgan fingerprint density at radius 3 is 2.69 bits per heavy atom. The zero-order chi connectivity index (χ0) is 25.1. The summed E-state index contributed by atoms with van der Waals surface area (Å²) in [6.07, 6.45) is -1.88. The molecule has 2 aliphatic heterocycles. The van der Waals surface area contributed by atoms with Gasteiger partial charge in [-0.05, 0) is 44.9 Å². The SMILES string of the molecule is CC1(C)N=C(CNNc2ncc(F)c(N3CCOCC3)n2)CCC1Nc1cccc(C(F)(F)F)c1. The number of halogens is 4. The van der Waals surface area contributed by atoms with E-state index in [1.54, 1.807) is 6.07 Å². The second-order valence-electron chi connectivity index (χ2n) is 9.09. The van der Waals surface area contributed by atoms with Crippen LogP contribution in [0.15, 0.2) is 35.5 Å². The molecule has 0 aliphatic carbocycles. The molecule has 1 aromatic carbocycles. The van der Waals surface area contributed by atoms with Gasteiger partial charge in [0.15, 0.2) is 11.6 Å². The molecule has 1 aromatic heterocycles. The molecule has 1 atom stereocenters. The molecule has 12 heteroatoms. The minimum atomic E-state index is -4.39. The van der Waals surface area contributed by atoms with Crippen molar-refractivity contribution in [3.8, 4) is 0 Å². The van der Waals surface area contributed by atoms with Crippen molar-refractivity contribution in [2.75, 3.05) is 48.5 Å². The predicted molar refractivity (Wildman–Crippen MR) is 126 cm³/mol. The Bertz CT molecular complexity index is 1050. The molecule has 35 heavy (non-hydrogen) atoms. The Morgan fingerprint density at radius 2 is 1.97 bits per heavy atom. The molecule has 2 aliphatic rings. The summed E-state index contributed by atoms with van der Waals surface area (Å²) in [6, 6.07) is 5.08. The van der Waals surface area contributed by atoms with Crippen LogP contribution in [0.5, 0.6) is 0 Å². The van der Waals surface area contributed by atoms with Gasteiger partial charge in [0.05, 0.1) is 43.1 Å². The lowest BCUT2D eigenvalue weighted by Gasteiger charge is -2.37. The molecule has 0 radical (unpaired) electrons. The molecule has 0 spiro atoms. The molecule has 190 valence electrons. The molecular weight excluding hydrogens is 466 g/mol. The van der Waals surface area contributed by atoms with Crippen molar-refractivity contribution < 1.29 is 22.3 Å². The van der Waals surface area contributed by atoms with Gasteiger partial charge in [-0.25, -0.2) is 14.8 Å². The first kappa shape index (κ1) is 25.1. The number of nitrogens with zero attached hydrogens (tertiary/aromatic N) is 4. The molecule has 1 saturated heterocycles. The summed E-state index contributed by atoms with van der Waals surface area (Å²) in [6.45, 7) is 6.45. The number of ether oxygens (including phenoxy) is 1. The van der Waals surface area contributed by atoms with Gasteiger partial charge in [-0.1, -0.05) is 6.07 Å². The lowest BCUT2D eigenvalue weighted by molar-refractivity contribution is -0.137. The molecule has 2 aromatic rings. The standard InChI is InChI=1S/C23H29F4N7O/c1-22(2)19(30-16-5-3-4-15(12-16)23(25,26)27)7-6-17(32-22)13-29-33-21-28-14-18(24)20(31-21)34-8-10-35-11-9-34/h3-5,12,14,19,29-30H,6-11,13H2,1-2H3,(H,28,31,33). The first-order valence-corrected chi connectivity index (χ1v) is 11.5. The van der Waals surface area contributed by atoms with Crippen LogP contribution in [0.1, 0.15) is 32.3 Å². The van der Waals surface area contributed by atoms with Crippen LogP contribution in [0.3, 0.4) is 0 Å². The van der Waals surface area contributed by atoms with Crippen LogP contribution in [0.25, 0.3) is 0 Å². The number of anilines is 3. The number of benzene rings is 1. The van der Waals surface area contributed by atoms with Gasteiger partial charge in [0, 0.05) is 24.5 Å². The molecule has 0 bridgehead atoms. The van der Waals surface area contributed by atoms with Crippen LogP contribution in [-0.2, 0) is 10.9 Å². The van der Waals surface area contributed by atoms with E-state index in [1.807, 2.05) is 18.7 Å². The molecular formula is C23H29F4N7O. The molecule has 0 saturated carbocycles. The van der Waals surface area contributed by atoms with E-state index in [-0.39, 0.29) is 17.8 Å². The number of nitrogens with one attached hydrogen (secondary N) is 3. The fourth-order valence-corrected chi connectivity index (χ4v) is 4.21. The van der Waals surface area contributed by atoms with E-state index in [4.69, 9.17) is 9.73 Å². The molecule has 1 unspecified atom stereocenters. The summed E-state index contributed by atoms with van der Waals surface area (Å²) < 4.78 is 58.6. The van der Waals surface area contributed by atoms with Crippen LogP contribution >= 0.6 is 0 Å². The van der Waals surface area contributed by atoms with E-state index in [1.165, 1.54) is 6.07 Å². The molecule has 0 amide bonds. The summed E-state index contributed by atoms with van der Waals surface area (Å²) in [4.78, 5) is 14.9. The number of rotatable bonds is 7. The van der Waals surface area contributed by atoms with Gasteiger partial charge in [-0.15, -0.1) is 0 Å². The second kappa shape index (κ2) is 10.3. The number of hydrogen-bond acceptors (Lipinski definition) is 8. The van der Waals surface area contributed by atoms with Gasteiger partial charge in [0.2, 0.25) is 5.95 Å². The Hall–Kier alpha value is -2.99. The minimum absolute atomic E-state index is 0.126. The van der Waals surface area contributed by atoms with Crippen molar-refractivity contribution in [1.29, 1.82) is 0 Å².